The van der Waals surface area contributed by atoms with Gasteiger partial charge in [0.1, 0.15) is 11.6 Å². The first-order chi connectivity index (χ1) is 17.2. The molecule has 1 fully saturated rings. The van der Waals surface area contributed by atoms with Crippen LogP contribution in [0, 0.1) is 18.6 Å². The van der Waals surface area contributed by atoms with E-state index < -0.39 is 29.7 Å². The van der Waals surface area contributed by atoms with Crippen molar-refractivity contribution in [1.82, 2.24) is 15.5 Å². The van der Waals surface area contributed by atoms with Gasteiger partial charge in [-0.15, -0.1) is 0 Å². The number of nitrogens with zero attached hydrogens (tertiary/aromatic N) is 1. The number of nitrogens with one attached hydrogen (secondary N) is 2. The van der Waals surface area contributed by atoms with Crippen LogP contribution in [-0.4, -0.2) is 59.6 Å². The molecule has 3 rings (SSSR count). The first-order valence-electron chi connectivity index (χ1n) is 12.8. The van der Waals surface area contributed by atoms with Gasteiger partial charge in [-0.3, -0.25) is 9.59 Å². The average molecular weight is 502 g/mol. The number of carbonyl (C=O) groups excluding carboxylic acids is 2. The van der Waals surface area contributed by atoms with E-state index >= 15 is 0 Å². The summed E-state index contributed by atoms with van der Waals surface area (Å²) >= 11 is 0. The molecule has 1 heterocycles. The molecule has 1 aliphatic rings. The summed E-state index contributed by atoms with van der Waals surface area (Å²) in [7, 11) is 0. The Bertz CT molecular complexity index is 1030. The van der Waals surface area contributed by atoms with Gasteiger partial charge in [0.15, 0.2) is 0 Å². The van der Waals surface area contributed by atoms with Crippen molar-refractivity contribution in [1.29, 1.82) is 0 Å². The van der Waals surface area contributed by atoms with Crippen molar-refractivity contribution in [3.8, 4) is 0 Å². The maximum absolute atomic E-state index is 13.8. The van der Waals surface area contributed by atoms with Crippen LogP contribution in [0.5, 0.6) is 0 Å². The number of hydrogen-bond acceptors (Lipinski definition) is 4. The number of amides is 2. The molecule has 2 aromatic rings. The third-order valence-corrected chi connectivity index (χ3v) is 6.48. The predicted molar refractivity (Wildman–Crippen MR) is 136 cm³/mol. The number of aryl methyl sites for hydroxylation is 1. The molecule has 2 amide bonds. The van der Waals surface area contributed by atoms with Gasteiger partial charge in [-0.05, 0) is 87.0 Å². The van der Waals surface area contributed by atoms with Crippen molar-refractivity contribution in [3.05, 3.63) is 70.3 Å². The molecule has 3 atom stereocenters. The van der Waals surface area contributed by atoms with Crippen LogP contribution in [0.3, 0.4) is 0 Å². The van der Waals surface area contributed by atoms with E-state index in [9.17, 15) is 23.5 Å². The molecule has 0 spiro atoms. The Morgan fingerprint density at radius 2 is 1.69 bits per heavy atom. The largest absolute Gasteiger partial charge is 0.389 e. The average Bonchev–Trinajstić information content (AvgIpc) is 3.36. The molecule has 1 aliphatic heterocycles. The Hall–Kier alpha value is -2.84. The number of aliphatic hydroxyl groups is 1. The highest BCUT2D eigenvalue weighted by Crippen LogP contribution is 2.19. The first-order valence-corrected chi connectivity index (χ1v) is 12.8. The lowest BCUT2D eigenvalue weighted by Gasteiger charge is -2.29. The number of carbonyl (C=O) groups is 2. The minimum atomic E-state index is -0.960. The molecule has 0 aliphatic carbocycles. The number of rotatable bonds is 11. The highest BCUT2D eigenvalue weighted by Gasteiger charge is 2.31. The number of hydrogen-bond donors (Lipinski definition) is 3. The third kappa shape index (κ3) is 7.34. The molecule has 0 aromatic heterocycles. The molecular formula is C28H37F2N3O3. The van der Waals surface area contributed by atoms with E-state index in [1.54, 1.807) is 23.1 Å². The predicted octanol–water partition coefficient (Wildman–Crippen LogP) is 3.99. The SMILES string of the molecule is CCCN(CCC)C(=O)c1cc(C)cc(C(=O)NC(Cc2cc(F)cc(F)c2)[C@H](O)[C@H]2CCCN2)c1. The quantitative estimate of drug-likeness (QED) is 0.435. The Balaban J connectivity index is 1.85. The summed E-state index contributed by atoms with van der Waals surface area (Å²) in [6, 6.07) is 7.20. The van der Waals surface area contributed by atoms with E-state index in [1.165, 1.54) is 12.1 Å². The molecule has 0 saturated carbocycles. The zero-order chi connectivity index (χ0) is 26.2. The van der Waals surface area contributed by atoms with Gasteiger partial charge < -0.3 is 20.6 Å². The van der Waals surface area contributed by atoms with E-state index in [4.69, 9.17) is 0 Å². The van der Waals surface area contributed by atoms with E-state index in [0.29, 0.717) is 29.8 Å². The maximum atomic E-state index is 13.8. The molecule has 8 heteroatoms. The van der Waals surface area contributed by atoms with Gasteiger partial charge in [-0.25, -0.2) is 8.78 Å². The molecule has 0 radical (unpaired) electrons. The molecule has 6 nitrogen and oxygen atoms in total. The summed E-state index contributed by atoms with van der Waals surface area (Å²) < 4.78 is 27.6. The molecule has 1 saturated heterocycles. The lowest BCUT2D eigenvalue weighted by Crippen LogP contribution is -2.52. The van der Waals surface area contributed by atoms with Gasteiger partial charge in [0.25, 0.3) is 11.8 Å². The molecule has 0 bridgehead atoms. The standard InChI is InChI=1S/C28H37F2N3O3/c1-4-9-33(10-5-2)28(36)21-12-18(3)11-20(16-21)27(35)32-25(26(34)24-7-6-8-31-24)15-19-13-22(29)17-23(30)14-19/h11-14,16-17,24-26,31,34H,4-10,15H2,1-3H3,(H,32,35)/t24-,25?,26-/m1/s1. The van der Waals surface area contributed by atoms with Crippen molar-refractivity contribution in [2.45, 2.75) is 71.1 Å². The summed E-state index contributed by atoms with van der Waals surface area (Å²) in [5.74, 6) is -2.01. The van der Waals surface area contributed by atoms with Crippen LogP contribution in [-0.2, 0) is 6.42 Å². The summed E-state index contributed by atoms with van der Waals surface area (Å²) in [6.07, 6.45) is 2.39. The Labute approximate surface area is 212 Å². The number of benzene rings is 2. The summed E-state index contributed by atoms with van der Waals surface area (Å²) in [6.45, 7) is 7.87. The van der Waals surface area contributed by atoms with Gasteiger partial charge in [0, 0.05) is 36.3 Å². The van der Waals surface area contributed by atoms with Crippen molar-refractivity contribution in [2.75, 3.05) is 19.6 Å². The molecule has 2 aromatic carbocycles. The van der Waals surface area contributed by atoms with E-state index in [1.807, 2.05) is 20.8 Å². The minimum Gasteiger partial charge on any atom is -0.389 e. The van der Waals surface area contributed by atoms with Crippen LogP contribution >= 0.6 is 0 Å². The normalized spacial score (nSPS) is 17.0. The smallest absolute Gasteiger partial charge is 0.253 e. The van der Waals surface area contributed by atoms with Crippen LogP contribution in [0.4, 0.5) is 8.78 Å². The maximum Gasteiger partial charge on any atom is 0.253 e. The number of aliphatic hydroxyl groups excluding tert-OH is 1. The second-order valence-electron chi connectivity index (χ2n) is 9.64. The minimum absolute atomic E-state index is 0.0537. The zero-order valence-corrected chi connectivity index (χ0v) is 21.3. The fourth-order valence-electron chi connectivity index (χ4n) is 4.85. The Morgan fingerprint density at radius 3 is 2.28 bits per heavy atom. The van der Waals surface area contributed by atoms with Crippen molar-refractivity contribution in [3.63, 3.8) is 0 Å². The molecule has 196 valence electrons. The van der Waals surface area contributed by atoms with Gasteiger partial charge in [-0.2, -0.15) is 0 Å². The van der Waals surface area contributed by atoms with Gasteiger partial charge in [0.2, 0.25) is 0 Å². The first kappa shape index (κ1) is 27.7. The Morgan fingerprint density at radius 1 is 1.06 bits per heavy atom. The summed E-state index contributed by atoms with van der Waals surface area (Å²) in [5, 5.41) is 17.2. The highest BCUT2D eigenvalue weighted by atomic mass is 19.1. The number of halogens is 2. The summed E-state index contributed by atoms with van der Waals surface area (Å²) in [5.41, 5.74) is 1.84. The summed E-state index contributed by atoms with van der Waals surface area (Å²) in [4.78, 5) is 28.3. The lowest BCUT2D eigenvalue weighted by molar-refractivity contribution is 0.0737. The molecular weight excluding hydrogens is 464 g/mol. The van der Waals surface area contributed by atoms with Crippen LogP contribution in [0.1, 0.15) is 71.4 Å². The van der Waals surface area contributed by atoms with Crippen LogP contribution in [0.2, 0.25) is 0 Å². The lowest BCUT2D eigenvalue weighted by atomic mass is 9.94. The second kappa shape index (κ2) is 12.9. The molecule has 1 unspecified atom stereocenters. The van der Waals surface area contributed by atoms with Crippen LogP contribution < -0.4 is 10.6 Å². The molecule has 36 heavy (non-hydrogen) atoms. The van der Waals surface area contributed by atoms with E-state index in [2.05, 4.69) is 10.6 Å². The topological polar surface area (TPSA) is 81.7 Å². The fourth-order valence-corrected chi connectivity index (χ4v) is 4.85. The van der Waals surface area contributed by atoms with Gasteiger partial charge in [0.05, 0.1) is 12.1 Å². The van der Waals surface area contributed by atoms with Crippen LogP contribution in [0.15, 0.2) is 36.4 Å². The van der Waals surface area contributed by atoms with Gasteiger partial charge >= 0.3 is 0 Å². The zero-order valence-electron chi connectivity index (χ0n) is 21.3. The third-order valence-electron chi connectivity index (χ3n) is 6.48. The van der Waals surface area contributed by atoms with Crippen molar-refractivity contribution in [2.24, 2.45) is 0 Å². The van der Waals surface area contributed by atoms with Gasteiger partial charge in [-0.1, -0.05) is 13.8 Å². The monoisotopic (exact) mass is 501 g/mol. The van der Waals surface area contributed by atoms with Crippen molar-refractivity contribution >= 4 is 11.8 Å². The van der Waals surface area contributed by atoms with Crippen LogP contribution in [0.25, 0.3) is 0 Å². The van der Waals surface area contributed by atoms with E-state index in [0.717, 1.165) is 43.9 Å². The second-order valence-corrected chi connectivity index (χ2v) is 9.64. The Kier molecular flexibility index (Phi) is 9.96. The van der Waals surface area contributed by atoms with Crippen molar-refractivity contribution < 1.29 is 23.5 Å². The fraction of sp³-hybridized carbons (Fsp3) is 0.500. The van der Waals surface area contributed by atoms with E-state index in [-0.39, 0.29) is 18.4 Å². The highest BCUT2D eigenvalue weighted by molar-refractivity contribution is 6.00. The molecule has 3 N–H and O–H groups in total.